The molecule has 0 saturated heterocycles. The summed E-state index contributed by atoms with van der Waals surface area (Å²) in [6.45, 7) is 0. The van der Waals surface area contributed by atoms with Crippen LogP contribution in [0.15, 0.2) is 77.2 Å². The van der Waals surface area contributed by atoms with Gasteiger partial charge in [0.1, 0.15) is 0 Å². The van der Waals surface area contributed by atoms with Crippen LogP contribution in [-0.2, 0) is 7.05 Å². The number of nitro groups is 1. The molecule has 0 amide bonds. The molecule has 5 aromatic rings. The summed E-state index contributed by atoms with van der Waals surface area (Å²) in [4.78, 5) is 14.9. The maximum Gasteiger partial charge on any atom is 0.269 e. The number of hydrazone groups is 1. The van der Waals surface area contributed by atoms with Crippen molar-refractivity contribution in [3.8, 4) is 11.3 Å². The number of anilines is 1. The van der Waals surface area contributed by atoms with Crippen molar-refractivity contribution < 1.29 is 4.92 Å². The largest absolute Gasteiger partial charge is 0.344 e. The van der Waals surface area contributed by atoms with Crippen molar-refractivity contribution >= 4 is 50.2 Å². The number of para-hydroxylation sites is 1. The van der Waals surface area contributed by atoms with Gasteiger partial charge in [0.25, 0.3) is 5.69 Å². The Morgan fingerprint density at radius 3 is 2.65 bits per heavy atom. The third-order valence-electron chi connectivity index (χ3n) is 5.19. The van der Waals surface area contributed by atoms with Gasteiger partial charge in [0.05, 0.1) is 16.8 Å². The van der Waals surface area contributed by atoms with Gasteiger partial charge >= 0.3 is 0 Å². The van der Waals surface area contributed by atoms with Crippen LogP contribution >= 0.6 is 11.3 Å². The first-order valence-electron chi connectivity index (χ1n) is 9.57. The zero-order chi connectivity index (χ0) is 21.4. The zero-order valence-corrected chi connectivity index (χ0v) is 17.3. The number of aromatic nitrogens is 2. The maximum absolute atomic E-state index is 10.8. The summed E-state index contributed by atoms with van der Waals surface area (Å²) in [5.41, 5.74) is 7.96. The summed E-state index contributed by atoms with van der Waals surface area (Å²) in [5, 5.41) is 20.1. The summed E-state index contributed by atoms with van der Waals surface area (Å²) in [6, 6.07) is 21.0. The van der Waals surface area contributed by atoms with E-state index in [1.807, 2.05) is 17.5 Å². The summed E-state index contributed by atoms with van der Waals surface area (Å²) in [7, 11) is 2.07. The van der Waals surface area contributed by atoms with Gasteiger partial charge in [0.2, 0.25) is 5.13 Å². The second-order valence-electron chi connectivity index (χ2n) is 7.06. The van der Waals surface area contributed by atoms with E-state index in [4.69, 9.17) is 0 Å². The topological polar surface area (TPSA) is 85.3 Å². The first kappa shape index (κ1) is 19.0. The van der Waals surface area contributed by atoms with E-state index in [0.29, 0.717) is 5.13 Å². The molecule has 31 heavy (non-hydrogen) atoms. The lowest BCUT2D eigenvalue weighted by Gasteiger charge is -1.99. The lowest BCUT2D eigenvalue weighted by Crippen LogP contribution is -1.91. The summed E-state index contributed by atoms with van der Waals surface area (Å²) in [6.07, 6.45) is 1.77. The van der Waals surface area contributed by atoms with E-state index >= 15 is 0 Å². The molecule has 0 unspecified atom stereocenters. The fraction of sp³-hybridized carbons (Fsp3) is 0.0435. The van der Waals surface area contributed by atoms with Crippen LogP contribution < -0.4 is 5.43 Å². The Bertz CT molecular complexity index is 1450. The quantitative estimate of drug-likeness (QED) is 0.218. The van der Waals surface area contributed by atoms with Crippen LogP contribution in [0, 0.1) is 10.1 Å². The molecule has 8 heteroatoms. The van der Waals surface area contributed by atoms with Crippen molar-refractivity contribution in [2.24, 2.45) is 12.1 Å². The number of nitro benzene ring substituents is 1. The molecule has 1 N–H and O–H groups in total. The molecule has 0 aliphatic rings. The standard InChI is InChI=1S/C23H17N5O2S/c1-27-21-5-3-2-4-18(21)19-12-15(6-11-22(19)27)13-24-26-23-25-20(14-31-23)16-7-9-17(10-8-16)28(29)30/h2-14H,1H3,(H,25,26). The van der Waals surface area contributed by atoms with Gasteiger partial charge in [-0.25, -0.2) is 4.98 Å². The molecule has 3 aromatic carbocycles. The van der Waals surface area contributed by atoms with Crippen LogP contribution in [0.1, 0.15) is 5.56 Å². The number of aryl methyl sites for hydroxylation is 1. The number of rotatable bonds is 5. The molecule has 5 rings (SSSR count). The predicted molar refractivity (Wildman–Crippen MR) is 126 cm³/mol. The molecule has 0 aliphatic heterocycles. The van der Waals surface area contributed by atoms with Crippen LogP contribution in [-0.4, -0.2) is 20.7 Å². The molecule has 0 bridgehead atoms. The molecule has 0 saturated carbocycles. The molecule has 0 radical (unpaired) electrons. The van der Waals surface area contributed by atoms with Crippen LogP contribution in [0.3, 0.4) is 0 Å². The van der Waals surface area contributed by atoms with Gasteiger partial charge in [-0.2, -0.15) is 5.10 Å². The van der Waals surface area contributed by atoms with E-state index in [9.17, 15) is 10.1 Å². The lowest BCUT2D eigenvalue weighted by molar-refractivity contribution is -0.384. The SMILES string of the molecule is Cn1c2ccccc2c2cc(C=NNc3nc(-c4ccc([N+](=O)[O-])cc4)cs3)ccc21. The van der Waals surface area contributed by atoms with Crippen molar-refractivity contribution in [2.45, 2.75) is 0 Å². The van der Waals surface area contributed by atoms with E-state index in [0.717, 1.165) is 16.8 Å². The van der Waals surface area contributed by atoms with E-state index in [1.165, 1.54) is 45.3 Å². The average molecular weight is 427 g/mol. The molecule has 2 aromatic heterocycles. The van der Waals surface area contributed by atoms with Gasteiger partial charge in [-0.05, 0) is 35.9 Å². The normalized spacial score (nSPS) is 11.5. The van der Waals surface area contributed by atoms with Crippen molar-refractivity contribution in [1.29, 1.82) is 0 Å². The van der Waals surface area contributed by atoms with Gasteiger partial charge in [-0.1, -0.05) is 24.3 Å². The van der Waals surface area contributed by atoms with E-state index < -0.39 is 4.92 Å². The van der Waals surface area contributed by atoms with Gasteiger partial charge in [-0.15, -0.1) is 11.3 Å². The van der Waals surface area contributed by atoms with Gasteiger partial charge in [0, 0.05) is 51.9 Å². The minimum absolute atomic E-state index is 0.0603. The lowest BCUT2D eigenvalue weighted by atomic mass is 10.1. The Kier molecular flexibility index (Phi) is 4.68. The third kappa shape index (κ3) is 3.53. The van der Waals surface area contributed by atoms with Crippen molar-refractivity contribution in [2.75, 3.05) is 5.43 Å². The number of hydrogen-bond donors (Lipinski definition) is 1. The first-order valence-corrected chi connectivity index (χ1v) is 10.4. The van der Waals surface area contributed by atoms with Crippen LogP contribution in [0.25, 0.3) is 33.1 Å². The van der Waals surface area contributed by atoms with Crippen molar-refractivity contribution in [3.63, 3.8) is 0 Å². The number of hydrogen-bond acceptors (Lipinski definition) is 6. The number of nitrogens with one attached hydrogen (secondary N) is 1. The number of thiazole rings is 1. The summed E-state index contributed by atoms with van der Waals surface area (Å²) < 4.78 is 2.19. The molecule has 0 aliphatic carbocycles. The highest BCUT2D eigenvalue weighted by Crippen LogP contribution is 2.29. The molecule has 0 fully saturated rings. The smallest absolute Gasteiger partial charge is 0.269 e. The molecule has 0 spiro atoms. The van der Waals surface area contributed by atoms with E-state index in [2.05, 4.69) is 57.5 Å². The highest BCUT2D eigenvalue weighted by Gasteiger charge is 2.09. The summed E-state index contributed by atoms with van der Waals surface area (Å²) in [5.74, 6) is 0. The number of non-ortho nitro benzene ring substituents is 1. The Morgan fingerprint density at radius 1 is 1.06 bits per heavy atom. The third-order valence-corrected chi connectivity index (χ3v) is 5.94. The van der Waals surface area contributed by atoms with Crippen LogP contribution in [0.4, 0.5) is 10.8 Å². The predicted octanol–water partition coefficient (Wildman–Crippen LogP) is 5.81. The summed E-state index contributed by atoms with van der Waals surface area (Å²) >= 11 is 1.42. The Balaban J connectivity index is 1.34. The fourth-order valence-electron chi connectivity index (χ4n) is 3.64. The monoisotopic (exact) mass is 427 g/mol. The van der Waals surface area contributed by atoms with Crippen molar-refractivity contribution in [1.82, 2.24) is 9.55 Å². The average Bonchev–Trinajstić information content (AvgIpc) is 3.37. The number of fused-ring (bicyclic) bond motifs is 3. The highest BCUT2D eigenvalue weighted by atomic mass is 32.1. The van der Waals surface area contributed by atoms with Crippen LogP contribution in [0.5, 0.6) is 0 Å². The maximum atomic E-state index is 10.8. The second-order valence-corrected chi connectivity index (χ2v) is 7.92. The van der Waals surface area contributed by atoms with Gasteiger partial charge < -0.3 is 4.57 Å². The Hall–Kier alpha value is -4.04. The molecule has 152 valence electrons. The Labute approximate surface area is 181 Å². The zero-order valence-electron chi connectivity index (χ0n) is 16.5. The molecule has 7 nitrogen and oxygen atoms in total. The van der Waals surface area contributed by atoms with Crippen LogP contribution in [0.2, 0.25) is 0 Å². The molecule has 2 heterocycles. The van der Waals surface area contributed by atoms with E-state index in [1.54, 1.807) is 18.3 Å². The Morgan fingerprint density at radius 2 is 1.84 bits per heavy atom. The van der Waals surface area contributed by atoms with E-state index in [-0.39, 0.29) is 5.69 Å². The highest BCUT2D eigenvalue weighted by molar-refractivity contribution is 7.14. The minimum atomic E-state index is -0.415. The molecular weight excluding hydrogens is 410 g/mol. The molecular formula is C23H17N5O2S. The fourth-order valence-corrected chi connectivity index (χ4v) is 4.31. The van der Waals surface area contributed by atoms with Gasteiger partial charge in [-0.3, -0.25) is 15.5 Å². The van der Waals surface area contributed by atoms with Gasteiger partial charge in [0.15, 0.2) is 0 Å². The van der Waals surface area contributed by atoms with Crippen molar-refractivity contribution in [3.05, 3.63) is 87.8 Å². The first-order chi connectivity index (χ1) is 15.1. The number of nitrogens with zero attached hydrogens (tertiary/aromatic N) is 4. The number of benzene rings is 3. The minimum Gasteiger partial charge on any atom is -0.344 e. The second kappa shape index (κ2) is 7.66. The molecule has 0 atom stereocenters.